The Bertz CT molecular complexity index is 305. The number of nitrogens with zero attached hydrogens (tertiary/aromatic N) is 1. The molecule has 1 aromatic heterocycles. The zero-order valence-corrected chi connectivity index (χ0v) is 10.1. The first kappa shape index (κ1) is 10.9. The quantitative estimate of drug-likeness (QED) is 0.859. The smallest absolute Gasteiger partial charge is 0.224 e. The zero-order chi connectivity index (χ0) is 10.7. The topological polar surface area (TPSA) is 34.1 Å². The first-order valence-electron chi connectivity index (χ1n) is 5.58. The molecule has 0 saturated carbocycles. The molecule has 1 aliphatic heterocycles. The van der Waals surface area contributed by atoms with Crippen LogP contribution < -0.4 is 10.1 Å². The number of thiazole rings is 1. The third kappa shape index (κ3) is 2.92. The molecule has 1 aromatic rings. The van der Waals surface area contributed by atoms with Crippen molar-refractivity contribution in [3.05, 3.63) is 10.4 Å². The van der Waals surface area contributed by atoms with Gasteiger partial charge in [0.15, 0.2) is 0 Å². The molecule has 0 aromatic carbocycles. The molecule has 1 aliphatic rings. The van der Waals surface area contributed by atoms with Crippen molar-refractivity contribution in [2.45, 2.75) is 38.7 Å². The van der Waals surface area contributed by atoms with Crippen molar-refractivity contribution in [2.75, 3.05) is 13.1 Å². The van der Waals surface area contributed by atoms with Crippen LogP contribution in [0.25, 0.3) is 0 Å². The highest BCUT2D eigenvalue weighted by molar-refractivity contribution is 7.09. The number of ether oxygens (including phenoxy) is 1. The minimum absolute atomic E-state index is 0.306. The van der Waals surface area contributed by atoms with Gasteiger partial charge in [0, 0.05) is 12.5 Å². The van der Waals surface area contributed by atoms with Crippen molar-refractivity contribution in [1.29, 1.82) is 0 Å². The Morgan fingerprint density at radius 3 is 3.07 bits per heavy atom. The fourth-order valence-corrected chi connectivity index (χ4v) is 2.43. The first-order chi connectivity index (χ1) is 7.25. The molecule has 0 radical (unpaired) electrons. The average Bonchev–Trinajstić information content (AvgIpc) is 2.68. The van der Waals surface area contributed by atoms with E-state index in [1.54, 1.807) is 11.3 Å². The van der Waals surface area contributed by atoms with E-state index in [0.717, 1.165) is 30.4 Å². The van der Waals surface area contributed by atoms with Crippen LogP contribution >= 0.6 is 11.3 Å². The van der Waals surface area contributed by atoms with Gasteiger partial charge >= 0.3 is 0 Å². The summed E-state index contributed by atoms with van der Waals surface area (Å²) in [5.74, 6) is 1.30. The second kappa shape index (κ2) is 4.94. The van der Waals surface area contributed by atoms with Crippen LogP contribution in [-0.4, -0.2) is 24.2 Å². The van der Waals surface area contributed by atoms with Crippen LogP contribution in [0, 0.1) is 0 Å². The van der Waals surface area contributed by atoms with Gasteiger partial charge < -0.3 is 10.1 Å². The highest BCUT2D eigenvalue weighted by Gasteiger charge is 2.16. The largest absolute Gasteiger partial charge is 0.472 e. The number of aromatic nitrogens is 1. The molecule has 0 aliphatic carbocycles. The second-order valence-electron chi connectivity index (χ2n) is 4.26. The van der Waals surface area contributed by atoms with Gasteiger partial charge in [-0.15, -0.1) is 11.3 Å². The predicted octanol–water partition coefficient (Wildman–Crippen LogP) is 2.40. The van der Waals surface area contributed by atoms with E-state index in [1.165, 1.54) is 6.42 Å². The van der Waals surface area contributed by atoms with E-state index in [9.17, 15) is 0 Å². The summed E-state index contributed by atoms with van der Waals surface area (Å²) in [5.41, 5.74) is 0. The third-order valence-corrected chi connectivity index (χ3v) is 3.66. The molecule has 15 heavy (non-hydrogen) atoms. The van der Waals surface area contributed by atoms with Crippen LogP contribution in [0.2, 0.25) is 0 Å². The van der Waals surface area contributed by atoms with E-state index in [0.29, 0.717) is 12.0 Å². The highest BCUT2D eigenvalue weighted by Crippen LogP contribution is 2.24. The molecule has 2 heterocycles. The lowest BCUT2D eigenvalue weighted by atomic mass is 10.1. The fraction of sp³-hybridized carbons (Fsp3) is 0.727. The van der Waals surface area contributed by atoms with E-state index in [-0.39, 0.29) is 0 Å². The Hall–Kier alpha value is -0.610. The van der Waals surface area contributed by atoms with Gasteiger partial charge in [-0.3, -0.25) is 0 Å². The van der Waals surface area contributed by atoms with Gasteiger partial charge in [-0.1, -0.05) is 13.8 Å². The lowest BCUT2D eigenvalue weighted by Gasteiger charge is -2.22. The lowest BCUT2D eigenvalue weighted by Crippen LogP contribution is -2.37. The Morgan fingerprint density at radius 1 is 1.60 bits per heavy atom. The zero-order valence-electron chi connectivity index (χ0n) is 9.32. The van der Waals surface area contributed by atoms with Gasteiger partial charge in [0.25, 0.3) is 0 Å². The van der Waals surface area contributed by atoms with Gasteiger partial charge in [-0.05, 0) is 19.4 Å². The minimum atomic E-state index is 0.306. The minimum Gasteiger partial charge on any atom is -0.472 e. The average molecular weight is 226 g/mol. The van der Waals surface area contributed by atoms with E-state index >= 15 is 0 Å². The van der Waals surface area contributed by atoms with Crippen molar-refractivity contribution in [3.63, 3.8) is 0 Å². The SMILES string of the molecule is CC(C)c1nc(OC2CCCNC2)cs1. The summed E-state index contributed by atoms with van der Waals surface area (Å²) in [6.45, 7) is 6.39. The predicted molar refractivity (Wildman–Crippen MR) is 62.7 cm³/mol. The number of rotatable bonds is 3. The molecule has 1 atom stereocenters. The molecule has 0 spiro atoms. The maximum absolute atomic E-state index is 5.82. The van der Waals surface area contributed by atoms with Crippen molar-refractivity contribution in [3.8, 4) is 5.88 Å². The summed E-state index contributed by atoms with van der Waals surface area (Å²) in [6, 6.07) is 0. The maximum atomic E-state index is 5.82. The summed E-state index contributed by atoms with van der Waals surface area (Å²) in [6.07, 6.45) is 2.65. The summed E-state index contributed by atoms with van der Waals surface area (Å²) >= 11 is 1.69. The fourth-order valence-electron chi connectivity index (χ4n) is 1.68. The van der Waals surface area contributed by atoms with Crippen LogP contribution in [0.15, 0.2) is 5.38 Å². The van der Waals surface area contributed by atoms with Crippen LogP contribution in [0.5, 0.6) is 5.88 Å². The summed E-state index contributed by atoms with van der Waals surface area (Å²) in [4.78, 5) is 4.47. The summed E-state index contributed by atoms with van der Waals surface area (Å²) in [5, 5.41) is 6.51. The number of piperidine rings is 1. The first-order valence-corrected chi connectivity index (χ1v) is 6.46. The maximum Gasteiger partial charge on any atom is 0.224 e. The van der Waals surface area contributed by atoms with E-state index in [2.05, 4.69) is 24.1 Å². The molecular formula is C11H18N2OS. The summed E-state index contributed by atoms with van der Waals surface area (Å²) in [7, 11) is 0. The molecule has 1 fully saturated rings. The van der Waals surface area contributed by atoms with Crippen LogP contribution in [0.1, 0.15) is 37.6 Å². The van der Waals surface area contributed by atoms with Gasteiger partial charge in [-0.2, -0.15) is 0 Å². The van der Waals surface area contributed by atoms with Crippen LogP contribution in [-0.2, 0) is 0 Å². The molecule has 0 bridgehead atoms. The van der Waals surface area contributed by atoms with Crippen molar-refractivity contribution >= 4 is 11.3 Å². The molecular weight excluding hydrogens is 208 g/mol. The second-order valence-corrected chi connectivity index (χ2v) is 5.15. The van der Waals surface area contributed by atoms with E-state index in [1.807, 2.05) is 5.38 Å². The molecule has 1 saturated heterocycles. The van der Waals surface area contributed by atoms with Crippen molar-refractivity contribution < 1.29 is 4.74 Å². The van der Waals surface area contributed by atoms with Crippen LogP contribution in [0.3, 0.4) is 0 Å². The normalized spacial score (nSPS) is 21.9. The number of hydrogen-bond acceptors (Lipinski definition) is 4. The summed E-state index contributed by atoms with van der Waals surface area (Å²) < 4.78 is 5.82. The lowest BCUT2D eigenvalue weighted by molar-refractivity contribution is 0.161. The van der Waals surface area contributed by atoms with Gasteiger partial charge in [0.2, 0.25) is 5.88 Å². The van der Waals surface area contributed by atoms with E-state index in [4.69, 9.17) is 4.74 Å². The molecule has 1 unspecified atom stereocenters. The molecule has 0 amide bonds. The Kier molecular flexibility index (Phi) is 3.59. The highest BCUT2D eigenvalue weighted by atomic mass is 32.1. The Balaban J connectivity index is 1.91. The monoisotopic (exact) mass is 226 g/mol. The molecule has 2 rings (SSSR count). The van der Waals surface area contributed by atoms with E-state index < -0.39 is 0 Å². The van der Waals surface area contributed by atoms with Crippen molar-refractivity contribution in [1.82, 2.24) is 10.3 Å². The number of hydrogen-bond donors (Lipinski definition) is 1. The van der Waals surface area contributed by atoms with Crippen molar-refractivity contribution in [2.24, 2.45) is 0 Å². The third-order valence-electron chi connectivity index (χ3n) is 2.53. The molecule has 84 valence electrons. The van der Waals surface area contributed by atoms with Gasteiger partial charge in [-0.25, -0.2) is 4.98 Å². The number of nitrogens with one attached hydrogen (secondary N) is 1. The molecule has 3 nitrogen and oxygen atoms in total. The van der Waals surface area contributed by atoms with Crippen LogP contribution in [0.4, 0.5) is 0 Å². The standard InChI is InChI=1S/C11H18N2OS/c1-8(2)11-13-10(7-15-11)14-9-4-3-5-12-6-9/h7-9,12H,3-6H2,1-2H3. The Labute approximate surface area is 94.9 Å². The molecule has 1 N–H and O–H groups in total. The Morgan fingerprint density at radius 2 is 2.47 bits per heavy atom. The van der Waals surface area contributed by atoms with Gasteiger partial charge in [0.05, 0.1) is 10.4 Å². The molecule has 4 heteroatoms. The van der Waals surface area contributed by atoms with Gasteiger partial charge in [0.1, 0.15) is 6.10 Å².